The molecule has 26 heavy (non-hydrogen) atoms. The lowest BCUT2D eigenvalue weighted by Gasteiger charge is -2.26. The summed E-state index contributed by atoms with van der Waals surface area (Å²) >= 11 is 0. The van der Waals surface area contributed by atoms with Gasteiger partial charge in [0.25, 0.3) is 0 Å². The molecule has 1 fully saturated rings. The van der Waals surface area contributed by atoms with Gasteiger partial charge in [-0.05, 0) is 61.8 Å². The summed E-state index contributed by atoms with van der Waals surface area (Å²) < 4.78 is 27.3. The number of fused-ring (bicyclic) bond motifs is 1. The molecule has 2 heterocycles. The van der Waals surface area contributed by atoms with Crippen molar-refractivity contribution >= 4 is 21.6 Å². The van der Waals surface area contributed by atoms with Crippen molar-refractivity contribution in [2.45, 2.75) is 49.8 Å². The highest BCUT2D eigenvalue weighted by Crippen LogP contribution is 2.33. The second-order valence-electron chi connectivity index (χ2n) is 7.52. The topological polar surface area (TPSA) is 57.7 Å². The smallest absolute Gasteiger partial charge is 0.243 e. The molecule has 140 valence electrons. The number of hydrogen-bond acceptors (Lipinski definition) is 3. The van der Waals surface area contributed by atoms with Crippen LogP contribution in [0.25, 0.3) is 0 Å². The Kier molecular flexibility index (Phi) is 4.88. The van der Waals surface area contributed by atoms with Crippen molar-refractivity contribution in [3.05, 3.63) is 35.9 Å². The number of nitrogens with zero attached hydrogens (tertiary/aromatic N) is 2. The maximum Gasteiger partial charge on any atom is 0.243 e. The summed E-state index contributed by atoms with van der Waals surface area (Å²) in [6, 6.07) is 5.27. The van der Waals surface area contributed by atoms with Crippen molar-refractivity contribution in [1.29, 1.82) is 0 Å². The number of benzene rings is 1. The summed E-state index contributed by atoms with van der Waals surface area (Å²) in [6.45, 7) is 1.87. The molecular formula is C20H26N2O3S. The summed E-state index contributed by atoms with van der Waals surface area (Å²) in [7, 11) is -3.42. The lowest BCUT2D eigenvalue weighted by atomic mass is 10.0. The minimum atomic E-state index is -3.42. The third-order valence-electron chi connectivity index (χ3n) is 5.75. The van der Waals surface area contributed by atoms with Gasteiger partial charge in [0.15, 0.2) is 0 Å². The third kappa shape index (κ3) is 3.32. The van der Waals surface area contributed by atoms with Crippen LogP contribution in [-0.4, -0.2) is 38.3 Å². The first-order chi connectivity index (χ1) is 12.6. The van der Waals surface area contributed by atoms with E-state index in [4.69, 9.17) is 0 Å². The fourth-order valence-corrected chi connectivity index (χ4v) is 5.82. The Balaban J connectivity index is 1.52. The van der Waals surface area contributed by atoms with Gasteiger partial charge in [-0.2, -0.15) is 4.31 Å². The maximum atomic E-state index is 12.9. The van der Waals surface area contributed by atoms with Crippen molar-refractivity contribution in [2.75, 3.05) is 24.5 Å². The van der Waals surface area contributed by atoms with Crippen LogP contribution in [0.1, 0.15) is 44.1 Å². The highest BCUT2D eigenvalue weighted by molar-refractivity contribution is 7.89. The van der Waals surface area contributed by atoms with Crippen LogP contribution in [0.15, 0.2) is 35.2 Å². The number of allylic oxidation sites excluding steroid dienone is 2. The number of carbonyl (C=O) groups is 1. The van der Waals surface area contributed by atoms with E-state index in [1.807, 2.05) is 11.0 Å². The average Bonchev–Trinajstić information content (AvgIpc) is 3.31. The van der Waals surface area contributed by atoms with Crippen LogP contribution < -0.4 is 4.90 Å². The molecule has 1 amide bonds. The minimum absolute atomic E-state index is 0.145. The number of piperidine rings is 1. The first-order valence-electron chi connectivity index (χ1n) is 9.66. The van der Waals surface area contributed by atoms with E-state index in [0.29, 0.717) is 36.9 Å². The van der Waals surface area contributed by atoms with Crippen molar-refractivity contribution in [1.82, 2.24) is 4.31 Å². The molecule has 0 bridgehead atoms. The van der Waals surface area contributed by atoms with Crippen molar-refractivity contribution in [3.8, 4) is 0 Å². The predicted octanol–water partition coefficient (Wildman–Crippen LogP) is 3.11. The number of carbonyl (C=O) groups excluding carboxylic acids is 1. The molecule has 4 rings (SSSR count). The molecule has 1 saturated heterocycles. The second-order valence-corrected chi connectivity index (χ2v) is 9.46. The van der Waals surface area contributed by atoms with Gasteiger partial charge in [0.1, 0.15) is 0 Å². The molecule has 6 heteroatoms. The minimum Gasteiger partial charge on any atom is -0.312 e. The standard InChI is InChI=1S/C20H26N2O3S/c23-20(14-16-6-2-3-7-16)22-13-10-17-15-18(8-9-19(17)22)26(24,25)21-11-4-1-5-12-21/h2,6,8-9,15-16H,1,3-5,7,10-14H2. The lowest BCUT2D eigenvalue weighted by Crippen LogP contribution is -2.35. The van der Waals surface area contributed by atoms with Gasteiger partial charge >= 0.3 is 0 Å². The number of rotatable bonds is 4. The molecule has 0 N–H and O–H groups in total. The van der Waals surface area contributed by atoms with E-state index < -0.39 is 10.0 Å². The van der Waals surface area contributed by atoms with Crippen molar-refractivity contribution in [3.63, 3.8) is 0 Å². The third-order valence-corrected chi connectivity index (χ3v) is 7.64. The Morgan fingerprint density at radius 3 is 2.65 bits per heavy atom. The van der Waals surface area contributed by atoms with Crippen LogP contribution in [0.2, 0.25) is 0 Å². The van der Waals surface area contributed by atoms with Gasteiger partial charge in [-0.15, -0.1) is 0 Å². The van der Waals surface area contributed by atoms with Crippen LogP contribution in [0, 0.1) is 5.92 Å². The molecule has 2 aliphatic heterocycles. The molecule has 3 aliphatic rings. The van der Waals surface area contributed by atoms with Gasteiger partial charge in [-0.25, -0.2) is 8.42 Å². The molecule has 1 atom stereocenters. The van der Waals surface area contributed by atoms with Gasteiger partial charge in [-0.1, -0.05) is 18.6 Å². The van der Waals surface area contributed by atoms with E-state index in [2.05, 4.69) is 12.2 Å². The Morgan fingerprint density at radius 1 is 1.12 bits per heavy atom. The van der Waals surface area contributed by atoms with Crippen LogP contribution in [-0.2, 0) is 21.2 Å². The van der Waals surface area contributed by atoms with Crippen molar-refractivity contribution in [2.24, 2.45) is 5.92 Å². The molecule has 5 nitrogen and oxygen atoms in total. The van der Waals surface area contributed by atoms with E-state index in [-0.39, 0.29) is 5.91 Å². The van der Waals surface area contributed by atoms with Gasteiger partial charge in [0.05, 0.1) is 4.90 Å². The zero-order chi connectivity index (χ0) is 18.1. The molecule has 0 radical (unpaired) electrons. The summed E-state index contributed by atoms with van der Waals surface area (Å²) in [5.74, 6) is 0.497. The van der Waals surface area contributed by atoms with Crippen LogP contribution in [0.3, 0.4) is 0 Å². The average molecular weight is 375 g/mol. The highest BCUT2D eigenvalue weighted by atomic mass is 32.2. The molecule has 0 aromatic heterocycles. The molecule has 0 saturated carbocycles. The quantitative estimate of drug-likeness (QED) is 0.761. The first kappa shape index (κ1) is 17.7. The predicted molar refractivity (Wildman–Crippen MR) is 102 cm³/mol. The van der Waals surface area contributed by atoms with E-state index in [0.717, 1.165) is 49.8 Å². The zero-order valence-electron chi connectivity index (χ0n) is 15.1. The Morgan fingerprint density at radius 2 is 1.92 bits per heavy atom. The number of sulfonamides is 1. The maximum absolute atomic E-state index is 12.9. The SMILES string of the molecule is O=C(CC1C=CCC1)N1CCc2cc(S(=O)(=O)N3CCCCC3)ccc21. The van der Waals surface area contributed by atoms with E-state index in [1.165, 1.54) is 0 Å². The molecule has 1 aromatic carbocycles. The summed E-state index contributed by atoms with van der Waals surface area (Å²) in [5.41, 5.74) is 1.85. The number of anilines is 1. The van der Waals surface area contributed by atoms with Crippen LogP contribution >= 0.6 is 0 Å². The summed E-state index contributed by atoms with van der Waals surface area (Å²) in [6.07, 6.45) is 10.6. The number of hydrogen-bond donors (Lipinski definition) is 0. The molecule has 1 unspecified atom stereocenters. The van der Waals surface area contributed by atoms with Gasteiger partial charge in [-0.3, -0.25) is 4.79 Å². The van der Waals surface area contributed by atoms with E-state index in [1.54, 1.807) is 16.4 Å². The lowest BCUT2D eigenvalue weighted by molar-refractivity contribution is -0.119. The normalized spacial score (nSPS) is 23.4. The Labute approximate surface area is 155 Å². The highest BCUT2D eigenvalue weighted by Gasteiger charge is 2.30. The number of amides is 1. The molecule has 1 aromatic rings. The van der Waals surface area contributed by atoms with Crippen LogP contribution in [0.4, 0.5) is 5.69 Å². The Hall–Kier alpha value is -1.66. The van der Waals surface area contributed by atoms with Gasteiger partial charge in [0, 0.05) is 31.7 Å². The summed E-state index contributed by atoms with van der Waals surface area (Å²) in [4.78, 5) is 14.9. The molecule has 1 aliphatic carbocycles. The fourth-order valence-electron chi connectivity index (χ4n) is 4.25. The summed E-state index contributed by atoms with van der Waals surface area (Å²) in [5, 5.41) is 0. The fraction of sp³-hybridized carbons (Fsp3) is 0.550. The molecular weight excluding hydrogens is 348 g/mol. The van der Waals surface area contributed by atoms with Gasteiger partial charge < -0.3 is 4.90 Å². The zero-order valence-corrected chi connectivity index (χ0v) is 15.9. The van der Waals surface area contributed by atoms with Gasteiger partial charge in [0.2, 0.25) is 15.9 Å². The monoisotopic (exact) mass is 374 g/mol. The van der Waals surface area contributed by atoms with Crippen LogP contribution in [0.5, 0.6) is 0 Å². The largest absolute Gasteiger partial charge is 0.312 e. The first-order valence-corrected chi connectivity index (χ1v) is 11.1. The second kappa shape index (κ2) is 7.16. The Bertz CT molecular complexity index is 825. The van der Waals surface area contributed by atoms with E-state index >= 15 is 0 Å². The van der Waals surface area contributed by atoms with Crippen molar-refractivity contribution < 1.29 is 13.2 Å². The molecule has 0 spiro atoms. The van der Waals surface area contributed by atoms with E-state index in [9.17, 15) is 13.2 Å².